The molecule has 6 heteroatoms. The van der Waals surface area contributed by atoms with Crippen molar-refractivity contribution in [3.8, 4) is 0 Å². The highest BCUT2D eigenvalue weighted by Gasteiger charge is 2.21. The molecule has 2 aliphatic rings. The first-order chi connectivity index (χ1) is 10.3. The fraction of sp³-hybridized carbons (Fsp3) is 0.800. The lowest BCUT2D eigenvalue weighted by atomic mass is 10.2. The standard InChI is InChI=1S/C15H25N5O/c1-2-13-17-18-14-11-19(9-10-20(13)14)8-7-15(21)16-12-5-3-4-6-12/h12H,2-11H2,1H3,(H,16,21). The van der Waals surface area contributed by atoms with E-state index in [-0.39, 0.29) is 5.91 Å². The molecule has 0 atom stereocenters. The highest BCUT2D eigenvalue weighted by Crippen LogP contribution is 2.18. The molecule has 1 saturated carbocycles. The first kappa shape index (κ1) is 14.5. The molecular formula is C15H25N5O. The third-order valence-electron chi connectivity index (χ3n) is 4.60. The Morgan fingerprint density at radius 1 is 1.29 bits per heavy atom. The highest BCUT2D eigenvalue weighted by atomic mass is 16.1. The summed E-state index contributed by atoms with van der Waals surface area (Å²) in [5.41, 5.74) is 0. The minimum atomic E-state index is 0.197. The molecule has 1 aromatic heterocycles. The smallest absolute Gasteiger partial charge is 0.221 e. The van der Waals surface area contributed by atoms with E-state index >= 15 is 0 Å². The van der Waals surface area contributed by atoms with Gasteiger partial charge in [-0.25, -0.2) is 0 Å². The monoisotopic (exact) mass is 291 g/mol. The van der Waals surface area contributed by atoms with Crippen LogP contribution in [0, 0.1) is 0 Å². The molecule has 0 unspecified atom stereocenters. The molecule has 1 aliphatic carbocycles. The third kappa shape index (κ3) is 3.43. The predicted molar refractivity (Wildman–Crippen MR) is 79.7 cm³/mol. The summed E-state index contributed by atoms with van der Waals surface area (Å²) in [6.45, 7) is 5.65. The van der Waals surface area contributed by atoms with Crippen LogP contribution in [-0.2, 0) is 24.3 Å². The quantitative estimate of drug-likeness (QED) is 0.882. The Balaban J connectivity index is 1.45. The Bertz CT molecular complexity index is 492. The molecule has 116 valence electrons. The maximum absolute atomic E-state index is 12.0. The van der Waals surface area contributed by atoms with Crippen molar-refractivity contribution in [3.63, 3.8) is 0 Å². The maximum Gasteiger partial charge on any atom is 0.221 e. The molecule has 0 saturated heterocycles. The molecule has 6 nitrogen and oxygen atoms in total. The summed E-state index contributed by atoms with van der Waals surface area (Å²) in [5, 5.41) is 11.6. The lowest BCUT2D eigenvalue weighted by Gasteiger charge is -2.27. The Kier molecular flexibility index (Phi) is 4.53. The minimum absolute atomic E-state index is 0.197. The second kappa shape index (κ2) is 6.56. The fourth-order valence-corrected chi connectivity index (χ4v) is 3.35. The molecule has 1 amide bonds. The number of aryl methyl sites for hydroxylation is 1. The van der Waals surface area contributed by atoms with Crippen LogP contribution in [0.3, 0.4) is 0 Å². The first-order valence-corrected chi connectivity index (χ1v) is 8.19. The van der Waals surface area contributed by atoms with E-state index in [1.165, 1.54) is 12.8 Å². The maximum atomic E-state index is 12.0. The summed E-state index contributed by atoms with van der Waals surface area (Å²) in [5.74, 6) is 2.31. The fourth-order valence-electron chi connectivity index (χ4n) is 3.35. The van der Waals surface area contributed by atoms with Gasteiger partial charge in [-0.1, -0.05) is 19.8 Å². The summed E-state index contributed by atoms with van der Waals surface area (Å²) in [4.78, 5) is 14.3. The number of nitrogens with zero attached hydrogens (tertiary/aromatic N) is 4. The van der Waals surface area contributed by atoms with E-state index in [9.17, 15) is 4.79 Å². The summed E-state index contributed by atoms with van der Waals surface area (Å²) in [6.07, 6.45) is 6.33. The lowest BCUT2D eigenvalue weighted by Crippen LogP contribution is -2.38. The van der Waals surface area contributed by atoms with Crippen molar-refractivity contribution in [1.82, 2.24) is 25.0 Å². The molecule has 0 aromatic carbocycles. The van der Waals surface area contributed by atoms with Gasteiger partial charge in [0.15, 0.2) is 0 Å². The lowest BCUT2D eigenvalue weighted by molar-refractivity contribution is -0.122. The Labute approximate surface area is 125 Å². The van der Waals surface area contributed by atoms with Crippen molar-refractivity contribution < 1.29 is 4.79 Å². The summed E-state index contributed by atoms with van der Waals surface area (Å²) in [7, 11) is 0. The SMILES string of the molecule is CCc1nnc2n1CCN(CCC(=O)NC1CCCC1)C2. The van der Waals surface area contributed by atoms with Gasteiger partial charge in [0.1, 0.15) is 11.6 Å². The average molecular weight is 291 g/mol. The van der Waals surface area contributed by atoms with Crippen LogP contribution in [-0.4, -0.2) is 44.7 Å². The number of aromatic nitrogens is 3. The van der Waals surface area contributed by atoms with Crippen LogP contribution in [0.4, 0.5) is 0 Å². The van der Waals surface area contributed by atoms with Gasteiger partial charge in [-0.05, 0) is 12.8 Å². The van der Waals surface area contributed by atoms with Gasteiger partial charge in [0.05, 0.1) is 6.54 Å². The highest BCUT2D eigenvalue weighted by molar-refractivity contribution is 5.76. The Morgan fingerprint density at radius 2 is 2.10 bits per heavy atom. The van der Waals surface area contributed by atoms with E-state index < -0.39 is 0 Å². The Morgan fingerprint density at radius 3 is 2.86 bits per heavy atom. The average Bonchev–Trinajstić information content (AvgIpc) is 3.13. The molecule has 0 radical (unpaired) electrons. The molecule has 1 aromatic rings. The van der Waals surface area contributed by atoms with Crippen LogP contribution in [0.2, 0.25) is 0 Å². The number of hydrogen-bond acceptors (Lipinski definition) is 4. The van der Waals surface area contributed by atoms with Crippen molar-refractivity contribution in [2.75, 3.05) is 13.1 Å². The molecular weight excluding hydrogens is 266 g/mol. The summed E-state index contributed by atoms with van der Waals surface area (Å²) >= 11 is 0. The van der Waals surface area contributed by atoms with Crippen LogP contribution >= 0.6 is 0 Å². The van der Waals surface area contributed by atoms with Crippen molar-refractivity contribution in [2.24, 2.45) is 0 Å². The molecule has 1 aliphatic heterocycles. The number of nitrogens with one attached hydrogen (secondary N) is 1. The van der Waals surface area contributed by atoms with Crippen LogP contribution in [0.1, 0.15) is 50.7 Å². The number of carbonyl (C=O) groups is 1. The van der Waals surface area contributed by atoms with Crippen LogP contribution in [0.15, 0.2) is 0 Å². The van der Waals surface area contributed by atoms with Gasteiger partial charge in [-0.2, -0.15) is 0 Å². The van der Waals surface area contributed by atoms with Gasteiger partial charge < -0.3 is 9.88 Å². The second-order valence-electron chi connectivity index (χ2n) is 6.11. The number of fused-ring (bicyclic) bond motifs is 1. The first-order valence-electron chi connectivity index (χ1n) is 8.19. The minimum Gasteiger partial charge on any atom is -0.353 e. The van der Waals surface area contributed by atoms with E-state index in [1.807, 2.05) is 0 Å². The van der Waals surface area contributed by atoms with E-state index in [1.54, 1.807) is 0 Å². The second-order valence-corrected chi connectivity index (χ2v) is 6.11. The van der Waals surface area contributed by atoms with Crippen LogP contribution < -0.4 is 5.32 Å². The molecule has 2 heterocycles. The van der Waals surface area contributed by atoms with Crippen molar-refractivity contribution in [3.05, 3.63) is 11.6 Å². The molecule has 21 heavy (non-hydrogen) atoms. The predicted octanol–water partition coefficient (Wildman–Crippen LogP) is 1.10. The molecule has 0 spiro atoms. The van der Waals surface area contributed by atoms with E-state index in [0.717, 1.165) is 57.1 Å². The van der Waals surface area contributed by atoms with Gasteiger partial charge in [0.25, 0.3) is 0 Å². The zero-order valence-electron chi connectivity index (χ0n) is 12.8. The van der Waals surface area contributed by atoms with Crippen molar-refractivity contribution in [1.29, 1.82) is 0 Å². The number of amides is 1. The van der Waals surface area contributed by atoms with Crippen LogP contribution in [0.25, 0.3) is 0 Å². The Hall–Kier alpha value is -1.43. The number of hydrogen-bond donors (Lipinski definition) is 1. The molecule has 1 N–H and O–H groups in total. The van der Waals surface area contributed by atoms with E-state index in [0.29, 0.717) is 12.5 Å². The van der Waals surface area contributed by atoms with Gasteiger partial charge in [0.2, 0.25) is 5.91 Å². The normalized spacial score (nSPS) is 19.7. The largest absolute Gasteiger partial charge is 0.353 e. The number of carbonyl (C=O) groups excluding carboxylic acids is 1. The van der Waals surface area contributed by atoms with Gasteiger partial charge in [-0.15, -0.1) is 10.2 Å². The van der Waals surface area contributed by atoms with E-state index in [2.05, 4.69) is 31.9 Å². The van der Waals surface area contributed by atoms with Crippen LogP contribution in [0.5, 0.6) is 0 Å². The number of rotatable bonds is 5. The summed E-state index contributed by atoms with van der Waals surface area (Å²) in [6, 6.07) is 0.425. The van der Waals surface area contributed by atoms with Crippen molar-refractivity contribution in [2.45, 2.75) is 64.6 Å². The zero-order valence-corrected chi connectivity index (χ0v) is 12.8. The topological polar surface area (TPSA) is 63.1 Å². The summed E-state index contributed by atoms with van der Waals surface area (Å²) < 4.78 is 2.22. The molecule has 1 fully saturated rings. The van der Waals surface area contributed by atoms with E-state index in [4.69, 9.17) is 0 Å². The zero-order chi connectivity index (χ0) is 14.7. The molecule has 3 rings (SSSR count). The molecule has 0 bridgehead atoms. The van der Waals surface area contributed by atoms with Gasteiger partial charge in [0, 0.05) is 38.5 Å². The van der Waals surface area contributed by atoms with Gasteiger partial charge in [-0.3, -0.25) is 9.69 Å². The van der Waals surface area contributed by atoms with Crippen molar-refractivity contribution >= 4 is 5.91 Å². The third-order valence-corrected chi connectivity index (χ3v) is 4.60. The van der Waals surface area contributed by atoms with Gasteiger partial charge >= 0.3 is 0 Å².